The molecule has 25 heavy (non-hydrogen) atoms. The lowest BCUT2D eigenvalue weighted by Gasteiger charge is -2.34. The summed E-state index contributed by atoms with van der Waals surface area (Å²) in [6.45, 7) is 10.7. The summed E-state index contributed by atoms with van der Waals surface area (Å²) in [4.78, 5) is 21.3. The Kier molecular flexibility index (Phi) is 5.22. The Morgan fingerprint density at radius 3 is 2.48 bits per heavy atom. The minimum atomic E-state index is 0.157. The molecule has 1 aliphatic heterocycles. The smallest absolute Gasteiger partial charge is 0.244 e. The Labute approximate surface area is 149 Å². The van der Waals surface area contributed by atoms with E-state index >= 15 is 0 Å². The standard InChI is InChI=1S/C18H28N6O/c1-5-16-14(2)20-24(15(16)3)13-18(25)23-10-8-22(9-11-23)12-17-19-6-7-21(17)4/h6-7H,5,8-13H2,1-4H3. The van der Waals surface area contributed by atoms with Gasteiger partial charge in [0, 0.05) is 51.3 Å². The van der Waals surface area contributed by atoms with Crippen LogP contribution in [0.2, 0.25) is 0 Å². The summed E-state index contributed by atoms with van der Waals surface area (Å²) in [7, 11) is 2.01. The molecule has 7 heteroatoms. The number of imidazole rings is 1. The highest BCUT2D eigenvalue weighted by Crippen LogP contribution is 2.14. The number of hydrogen-bond acceptors (Lipinski definition) is 4. The molecule has 0 saturated carbocycles. The van der Waals surface area contributed by atoms with Crippen LogP contribution < -0.4 is 0 Å². The lowest BCUT2D eigenvalue weighted by Crippen LogP contribution is -2.49. The second-order valence-electron chi connectivity index (χ2n) is 6.77. The Balaban J connectivity index is 1.54. The fourth-order valence-electron chi connectivity index (χ4n) is 3.53. The lowest BCUT2D eigenvalue weighted by atomic mass is 10.1. The third-order valence-electron chi connectivity index (χ3n) is 5.18. The van der Waals surface area contributed by atoms with Crippen LogP contribution in [0.1, 0.15) is 29.7 Å². The van der Waals surface area contributed by atoms with Crippen LogP contribution in [0.3, 0.4) is 0 Å². The van der Waals surface area contributed by atoms with Crippen LogP contribution in [0.25, 0.3) is 0 Å². The average molecular weight is 344 g/mol. The molecule has 2 aromatic heterocycles. The van der Waals surface area contributed by atoms with Crippen molar-refractivity contribution >= 4 is 5.91 Å². The van der Waals surface area contributed by atoms with Gasteiger partial charge in [-0.3, -0.25) is 14.4 Å². The highest BCUT2D eigenvalue weighted by Gasteiger charge is 2.23. The van der Waals surface area contributed by atoms with Gasteiger partial charge in [-0.05, 0) is 25.8 Å². The molecule has 3 heterocycles. The van der Waals surface area contributed by atoms with Gasteiger partial charge in [0.05, 0.1) is 12.2 Å². The zero-order valence-corrected chi connectivity index (χ0v) is 15.7. The summed E-state index contributed by atoms with van der Waals surface area (Å²) in [5.41, 5.74) is 3.40. The van der Waals surface area contributed by atoms with E-state index in [1.165, 1.54) is 5.56 Å². The van der Waals surface area contributed by atoms with Gasteiger partial charge in [0.2, 0.25) is 5.91 Å². The van der Waals surface area contributed by atoms with Crippen molar-refractivity contribution in [1.29, 1.82) is 0 Å². The minimum Gasteiger partial charge on any atom is -0.339 e. The van der Waals surface area contributed by atoms with Gasteiger partial charge >= 0.3 is 0 Å². The normalized spacial score (nSPS) is 15.8. The van der Waals surface area contributed by atoms with Gasteiger partial charge in [-0.25, -0.2) is 4.98 Å². The number of aromatic nitrogens is 4. The van der Waals surface area contributed by atoms with Crippen molar-refractivity contribution in [3.63, 3.8) is 0 Å². The van der Waals surface area contributed by atoms with E-state index in [-0.39, 0.29) is 5.91 Å². The van der Waals surface area contributed by atoms with Crippen LogP contribution >= 0.6 is 0 Å². The summed E-state index contributed by atoms with van der Waals surface area (Å²) in [5.74, 6) is 1.22. The topological polar surface area (TPSA) is 59.2 Å². The van der Waals surface area contributed by atoms with E-state index in [2.05, 4.69) is 28.8 Å². The summed E-state index contributed by atoms with van der Waals surface area (Å²) in [5, 5.41) is 4.54. The van der Waals surface area contributed by atoms with Gasteiger partial charge in [-0.15, -0.1) is 0 Å². The molecule has 2 aromatic rings. The van der Waals surface area contributed by atoms with Crippen molar-refractivity contribution in [3.05, 3.63) is 35.2 Å². The Hall–Kier alpha value is -2.15. The zero-order valence-electron chi connectivity index (χ0n) is 15.7. The zero-order chi connectivity index (χ0) is 18.0. The van der Waals surface area contributed by atoms with E-state index in [1.54, 1.807) is 0 Å². The van der Waals surface area contributed by atoms with Crippen LogP contribution in [0, 0.1) is 13.8 Å². The number of carbonyl (C=O) groups is 1. The fourth-order valence-corrected chi connectivity index (χ4v) is 3.53. The summed E-state index contributed by atoms with van der Waals surface area (Å²) < 4.78 is 3.91. The quantitative estimate of drug-likeness (QED) is 0.816. The van der Waals surface area contributed by atoms with Crippen molar-refractivity contribution in [2.75, 3.05) is 26.2 Å². The number of hydrogen-bond donors (Lipinski definition) is 0. The van der Waals surface area contributed by atoms with Crippen LogP contribution in [0.4, 0.5) is 0 Å². The molecule has 136 valence electrons. The maximum absolute atomic E-state index is 12.6. The molecule has 0 N–H and O–H groups in total. The van der Waals surface area contributed by atoms with Crippen LogP contribution in [0.15, 0.2) is 12.4 Å². The molecule has 7 nitrogen and oxygen atoms in total. The summed E-state index contributed by atoms with van der Waals surface area (Å²) >= 11 is 0. The summed E-state index contributed by atoms with van der Waals surface area (Å²) in [6.07, 6.45) is 4.75. The Bertz CT molecular complexity index is 739. The molecule has 1 fully saturated rings. The van der Waals surface area contributed by atoms with Gasteiger partial charge in [-0.1, -0.05) is 6.92 Å². The number of rotatable bonds is 5. The summed E-state index contributed by atoms with van der Waals surface area (Å²) in [6, 6.07) is 0. The first-order valence-corrected chi connectivity index (χ1v) is 8.98. The molecule has 3 rings (SSSR count). The van der Waals surface area contributed by atoms with Crippen LogP contribution in [-0.4, -0.2) is 61.2 Å². The fraction of sp³-hybridized carbons (Fsp3) is 0.611. The molecule has 1 amide bonds. The molecule has 0 spiro atoms. The number of aryl methyl sites for hydroxylation is 2. The monoisotopic (exact) mass is 344 g/mol. The van der Waals surface area contributed by atoms with Crippen molar-refractivity contribution in [3.8, 4) is 0 Å². The van der Waals surface area contributed by atoms with Gasteiger partial charge in [0.1, 0.15) is 12.4 Å². The SMILES string of the molecule is CCc1c(C)nn(CC(=O)N2CCN(Cc3nccn3C)CC2)c1C. The van der Waals surface area contributed by atoms with E-state index in [9.17, 15) is 4.79 Å². The highest BCUT2D eigenvalue weighted by molar-refractivity contribution is 5.76. The van der Waals surface area contributed by atoms with E-state index in [0.29, 0.717) is 6.54 Å². The predicted molar refractivity (Wildman–Crippen MR) is 96.1 cm³/mol. The lowest BCUT2D eigenvalue weighted by molar-refractivity contribution is -0.133. The molecular formula is C18H28N6O. The predicted octanol–water partition coefficient (Wildman–Crippen LogP) is 1.14. The maximum atomic E-state index is 12.6. The molecule has 0 aliphatic carbocycles. The third-order valence-corrected chi connectivity index (χ3v) is 5.18. The van der Waals surface area contributed by atoms with E-state index < -0.39 is 0 Å². The molecule has 0 aromatic carbocycles. The molecule has 1 saturated heterocycles. The van der Waals surface area contributed by atoms with Crippen molar-refractivity contribution in [1.82, 2.24) is 29.1 Å². The molecular weight excluding hydrogens is 316 g/mol. The first-order valence-electron chi connectivity index (χ1n) is 8.98. The Morgan fingerprint density at radius 2 is 1.92 bits per heavy atom. The first kappa shape index (κ1) is 17.7. The van der Waals surface area contributed by atoms with Crippen LogP contribution in [0.5, 0.6) is 0 Å². The average Bonchev–Trinajstić information content (AvgIpc) is 3.11. The number of piperazine rings is 1. The second kappa shape index (κ2) is 7.39. The first-order chi connectivity index (χ1) is 12.0. The van der Waals surface area contributed by atoms with Crippen molar-refractivity contribution in [2.24, 2.45) is 7.05 Å². The number of nitrogens with zero attached hydrogens (tertiary/aromatic N) is 6. The second-order valence-corrected chi connectivity index (χ2v) is 6.77. The van der Waals surface area contributed by atoms with E-state index in [4.69, 9.17) is 0 Å². The highest BCUT2D eigenvalue weighted by atomic mass is 16.2. The minimum absolute atomic E-state index is 0.157. The number of carbonyl (C=O) groups excluding carboxylic acids is 1. The number of amides is 1. The molecule has 1 aliphatic rings. The molecule has 0 radical (unpaired) electrons. The third kappa shape index (κ3) is 3.76. The van der Waals surface area contributed by atoms with E-state index in [1.807, 2.05) is 40.5 Å². The van der Waals surface area contributed by atoms with E-state index in [0.717, 1.165) is 56.4 Å². The van der Waals surface area contributed by atoms with Crippen molar-refractivity contribution < 1.29 is 4.79 Å². The van der Waals surface area contributed by atoms with Gasteiger partial charge < -0.3 is 9.47 Å². The van der Waals surface area contributed by atoms with Gasteiger partial charge in [-0.2, -0.15) is 5.10 Å². The van der Waals surface area contributed by atoms with Crippen molar-refractivity contribution in [2.45, 2.75) is 40.3 Å². The molecule has 0 bridgehead atoms. The van der Waals surface area contributed by atoms with Gasteiger partial charge in [0.15, 0.2) is 0 Å². The Morgan fingerprint density at radius 1 is 1.20 bits per heavy atom. The van der Waals surface area contributed by atoms with Gasteiger partial charge in [0.25, 0.3) is 0 Å². The maximum Gasteiger partial charge on any atom is 0.244 e. The largest absolute Gasteiger partial charge is 0.339 e. The molecule has 0 unspecified atom stereocenters. The van der Waals surface area contributed by atoms with Crippen LogP contribution in [-0.2, 0) is 31.4 Å². The molecule has 0 atom stereocenters.